The van der Waals surface area contributed by atoms with Crippen molar-refractivity contribution in [2.75, 3.05) is 19.8 Å². The molecule has 14 nitrogen and oxygen atoms in total. The van der Waals surface area contributed by atoms with Gasteiger partial charge in [-0.25, -0.2) is 0 Å². The van der Waals surface area contributed by atoms with Gasteiger partial charge in [0.15, 0.2) is 12.6 Å². The molecule has 14 heteroatoms. The normalized spacial score (nSPS) is 27.8. The summed E-state index contributed by atoms with van der Waals surface area (Å²) in [4.78, 5) is 13.1. The number of allylic oxidation sites excluding steroid dienone is 2. The number of ether oxygens (including phenoxy) is 4. The first-order valence-electron chi connectivity index (χ1n) is 24.9. The molecule has 2 rings (SSSR count). The lowest BCUT2D eigenvalue weighted by atomic mass is 9.97. The molecule has 0 aliphatic carbocycles. The highest BCUT2D eigenvalue weighted by Crippen LogP contribution is 2.30. The molecule has 9 N–H and O–H groups in total. The lowest BCUT2D eigenvalue weighted by Gasteiger charge is -2.46. The molecular weight excluding hydrogens is 799 g/mol. The number of rotatable bonds is 38. The minimum atomic E-state index is -1.78. The lowest BCUT2D eigenvalue weighted by Crippen LogP contribution is -2.65. The predicted molar refractivity (Wildman–Crippen MR) is 240 cm³/mol. The van der Waals surface area contributed by atoms with Gasteiger partial charge in [-0.05, 0) is 32.1 Å². The number of hydrogen-bond donors (Lipinski definition) is 9. The van der Waals surface area contributed by atoms with Crippen molar-refractivity contribution in [2.45, 2.75) is 267 Å². The van der Waals surface area contributed by atoms with Crippen molar-refractivity contribution in [3.63, 3.8) is 0 Å². The molecule has 2 fully saturated rings. The maximum atomic E-state index is 13.1. The van der Waals surface area contributed by atoms with Crippen LogP contribution in [0.15, 0.2) is 12.2 Å². The zero-order valence-electron chi connectivity index (χ0n) is 38.6. The fourth-order valence-electron chi connectivity index (χ4n) is 8.33. The summed E-state index contributed by atoms with van der Waals surface area (Å²) >= 11 is 0. The van der Waals surface area contributed by atoms with Gasteiger partial charge in [0.2, 0.25) is 5.91 Å². The summed E-state index contributed by atoms with van der Waals surface area (Å²) in [7, 11) is 0. The molecule has 1 amide bonds. The second kappa shape index (κ2) is 35.9. The van der Waals surface area contributed by atoms with Gasteiger partial charge in [0.25, 0.3) is 0 Å². The van der Waals surface area contributed by atoms with E-state index in [0.29, 0.717) is 19.3 Å². The molecule has 0 radical (unpaired) electrons. The SMILES string of the molecule is CCCC/C=C\CCCCCCCC(=O)NC(COC1OC(CO)C(OC2OC(CO)C(O)C(O)C2O)C(O)C1O)C(O)CCCCCCCCCCCCCCCCCCC. The lowest BCUT2D eigenvalue weighted by molar-refractivity contribution is -0.359. The van der Waals surface area contributed by atoms with E-state index in [0.717, 1.165) is 64.2 Å². The Balaban J connectivity index is 1.83. The van der Waals surface area contributed by atoms with E-state index < -0.39 is 86.8 Å². The van der Waals surface area contributed by atoms with Crippen LogP contribution < -0.4 is 5.32 Å². The van der Waals surface area contributed by atoms with Gasteiger partial charge in [0, 0.05) is 6.42 Å². The average molecular weight is 890 g/mol. The summed E-state index contributed by atoms with van der Waals surface area (Å²) in [5, 5.41) is 86.8. The van der Waals surface area contributed by atoms with E-state index in [1.165, 1.54) is 96.3 Å². The molecule has 2 aliphatic rings. The number of carbonyl (C=O) groups is 1. The van der Waals surface area contributed by atoms with Crippen molar-refractivity contribution in [1.29, 1.82) is 0 Å². The molecule has 12 unspecified atom stereocenters. The number of carbonyl (C=O) groups excluding carboxylic acids is 1. The highest BCUT2D eigenvalue weighted by atomic mass is 16.7. The van der Waals surface area contributed by atoms with E-state index in [4.69, 9.17) is 18.9 Å². The highest BCUT2D eigenvalue weighted by Gasteiger charge is 2.51. The first-order valence-corrected chi connectivity index (χ1v) is 24.9. The predicted octanol–water partition coefficient (Wildman–Crippen LogP) is 5.99. The van der Waals surface area contributed by atoms with E-state index in [1.807, 2.05) is 0 Å². The van der Waals surface area contributed by atoms with Crippen LogP contribution in [0.4, 0.5) is 0 Å². The molecule has 0 aromatic carbocycles. The molecule has 0 spiro atoms. The topological polar surface area (TPSA) is 228 Å². The van der Waals surface area contributed by atoms with E-state index in [1.54, 1.807) is 0 Å². The molecule has 0 saturated carbocycles. The van der Waals surface area contributed by atoms with Crippen LogP contribution in [0, 0.1) is 0 Å². The van der Waals surface area contributed by atoms with Crippen molar-refractivity contribution in [1.82, 2.24) is 5.32 Å². The third kappa shape index (κ3) is 23.3. The monoisotopic (exact) mass is 890 g/mol. The Kier molecular flexibility index (Phi) is 32.9. The van der Waals surface area contributed by atoms with Crippen LogP contribution in [0.3, 0.4) is 0 Å². The van der Waals surface area contributed by atoms with Crippen LogP contribution in [-0.4, -0.2) is 140 Å². The largest absolute Gasteiger partial charge is 0.394 e. The van der Waals surface area contributed by atoms with Gasteiger partial charge in [0.1, 0.15) is 48.8 Å². The van der Waals surface area contributed by atoms with Gasteiger partial charge < -0.3 is 65.1 Å². The van der Waals surface area contributed by atoms with Crippen LogP contribution in [0.25, 0.3) is 0 Å². The molecule has 0 aromatic heterocycles. The first kappa shape index (κ1) is 56.9. The molecule has 2 heterocycles. The Morgan fingerprint density at radius 3 is 1.58 bits per heavy atom. The molecule has 0 aromatic rings. The second-order valence-electron chi connectivity index (χ2n) is 17.9. The fourth-order valence-corrected chi connectivity index (χ4v) is 8.33. The van der Waals surface area contributed by atoms with Crippen LogP contribution >= 0.6 is 0 Å². The van der Waals surface area contributed by atoms with Gasteiger partial charge >= 0.3 is 0 Å². The Hall–Kier alpha value is -1.27. The van der Waals surface area contributed by atoms with Crippen LogP contribution in [0.5, 0.6) is 0 Å². The Bertz CT molecular complexity index is 1100. The van der Waals surface area contributed by atoms with E-state index >= 15 is 0 Å². The Morgan fingerprint density at radius 2 is 1.03 bits per heavy atom. The fraction of sp³-hybridized carbons (Fsp3) is 0.938. The zero-order chi connectivity index (χ0) is 45.4. The van der Waals surface area contributed by atoms with Gasteiger partial charge in [0.05, 0.1) is 32.0 Å². The summed E-state index contributed by atoms with van der Waals surface area (Å²) in [5.74, 6) is -0.217. The van der Waals surface area contributed by atoms with E-state index in [9.17, 15) is 45.6 Å². The third-order valence-electron chi connectivity index (χ3n) is 12.5. The maximum Gasteiger partial charge on any atom is 0.220 e. The third-order valence-corrected chi connectivity index (χ3v) is 12.5. The minimum absolute atomic E-state index is 0.217. The minimum Gasteiger partial charge on any atom is -0.394 e. The molecule has 2 aliphatic heterocycles. The first-order chi connectivity index (χ1) is 30.1. The van der Waals surface area contributed by atoms with Crippen molar-refractivity contribution >= 4 is 5.91 Å². The smallest absolute Gasteiger partial charge is 0.220 e. The van der Waals surface area contributed by atoms with Gasteiger partial charge in [-0.1, -0.05) is 167 Å². The van der Waals surface area contributed by atoms with Crippen molar-refractivity contribution < 1.29 is 64.6 Å². The second-order valence-corrected chi connectivity index (χ2v) is 17.9. The number of amides is 1. The van der Waals surface area contributed by atoms with Crippen LogP contribution in [0.1, 0.15) is 194 Å². The summed E-state index contributed by atoms with van der Waals surface area (Å²) in [6, 6.07) is -0.827. The molecule has 12 atom stereocenters. The van der Waals surface area contributed by atoms with Crippen LogP contribution in [-0.2, 0) is 23.7 Å². The maximum absolute atomic E-state index is 13.1. The van der Waals surface area contributed by atoms with Gasteiger partial charge in [-0.15, -0.1) is 0 Å². The van der Waals surface area contributed by atoms with Gasteiger partial charge in [-0.3, -0.25) is 4.79 Å². The summed E-state index contributed by atoms with van der Waals surface area (Å²) in [6.07, 6.45) is 19.3. The molecule has 366 valence electrons. The summed E-state index contributed by atoms with van der Waals surface area (Å²) in [6.45, 7) is 2.80. The van der Waals surface area contributed by atoms with E-state index in [2.05, 4.69) is 31.3 Å². The van der Waals surface area contributed by atoms with Crippen LogP contribution in [0.2, 0.25) is 0 Å². The molecule has 2 saturated heterocycles. The number of nitrogens with one attached hydrogen (secondary N) is 1. The van der Waals surface area contributed by atoms with Crippen molar-refractivity contribution in [3.05, 3.63) is 12.2 Å². The summed E-state index contributed by atoms with van der Waals surface area (Å²) < 4.78 is 22.7. The molecular formula is C48H91NO13. The summed E-state index contributed by atoms with van der Waals surface area (Å²) in [5.41, 5.74) is 0. The van der Waals surface area contributed by atoms with E-state index in [-0.39, 0.29) is 12.5 Å². The molecule has 62 heavy (non-hydrogen) atoms. The van der Waals surface area contributed by atoms with Crippen molar-refractivity contribution in [3.8, 4) is 0 Å². The zero-order valence-corrected chi connectivity index (χ0v) is 38.6. The number of aliphatic hydroxyl groups excluding tert-OH is 8. The Morgan fingerprint density at radius 1 is 0.565 bits per heavy atom. The number of unbranched alkanes of at least 4 members (excludes halogenated alkanes) is 23. The molecule has 0 bridgehead atoms. The van der Waals surface area contributed by atoms with Crippen molar-refractivity contribution in [2.24, 2.45) is 0 Å². The highest BCUT2D eigenvalue weighted by molar-refractivity contribution is 5.76. The number of hydrogen-bond acceptors (Lipinski definition) is 13. The Labute approximate surface area is 374 Å². The quantitative estimate of drug-likeness (QED) is 0.0257. The number of aliphatic hydroxyl groups is 8. The standard InChI is InChI=1S/C48H91NO13/c1-3-5-7-9-11-13-15-16-17-18-19-20-22-23-25-27-29-31-37(52)36(49-40(53)32-30-28-26-24-21-14-12-10-8-6-4-2)35-59-47-45(58)43(56)46(39(34-51)61-47)62-48-44(57)42(55)41(54)38(33-50)60-48/h10,12,36-39,41-48,50-52,54-58H,3-9,11,13-35H2,1-2H3,(H,49,53)/b12-10-. The van der Waals surface area contributed by atoms with Gasteiger partial charge in [-0.2, -0.15) is 0 Å². The average Bonchev–Trinajstić information content (AvgIpc) is 3.27.